The van der Waals surface area contributed by atoms with Gasteiger partial charge in [0.15, 0.2) is 17.3 Å². The number of hydrogen-bond donors (Lipinski definition) is 0. The van der Waals surface area contributed by atoms with Gasteiger partial charge in [-0.05, 0) is 12.1 Å². The number of halogens is 1. The molecular weight excluding hydrogens is 225 g/mol. The number of methoxy groups -OCH3 is 1. The molecule has 2 aromatic heterocycles. The molecular formula is C11H10FN3O2. The van der Waals surface area contributed by atoms with Crippen LogP contribution in [0.15, 0.2) is 24.5 Å². The molecule has 2 rings (SSSR count). The number of nitrogens with zero attached hydrogens (tertiary/aromatic N) is 3. The average Bonchev–Trinajstić information content (AvgIpc) is 2.70. The van der Waals surface area contributed by atoms with E-state index in [1.54, 1.807) is 7.05 Å². The summed E-state index contributed by atoms with van der Waals surface area (Å²) >= 11 is 0. The minimum atomic E-state index is -0.666. The van der Waals surface area contributed by atoms with E-state index < -0.39 is 11.6 Å². The Morgan fingerprint density at radius 2 is 2.29 bits per heavy atom. The van der Waals surface area contributed by atoms with Gasteiger partial charge in [0, 0.05) is 13.2 Å². The fraction of sp³-hybridized carbons (Fsp3) is 0.182. The van der Waals surface area contributed by atoms with Crippen LogP contribution in [0.25, 0.3) is 0 Å². The predicted octanol–water partition coefficient (Wildman–Crippen LogP) is 1.19. The molecule has 0 unspecified atom stereocenters. The van der Waals surface area contributed by atoms with Gasteiger partial charge in [-0.25, -0.2) is 9.37 Å². The van der Waals surface area contributed by atoms with Crippen molar-refractivity contribution in [2.45, 2.75) is 0 Å². The molecule has 17 heavy (non-hydrogen) atoms. The molecule has 2 aromatic rings. The number of rotatable bonds is 3. The highest BCUT2D eigenvalue weighted by atomic mass is 19.1. The van der Waals surface area contributed by atoms with Gasteiger partial charge >= 0.3 is 0 Å². The molecule has 0 aliphatic carbocycles. The molecule has 88 valence electrons. The molecule has 0 radical (unpaired) electrons. The van der Waals surface area contributed by atoms with E-state index in [0.29, 0.717) is 5.75 Å². The van der Waals surface area contributed by atoms with E-state index in [4.69, 9.17) is 4.74 Å². The van der Waals surface area contributed by atoms with Crippen LogP contribution in [0.3, 0.4) is 0 Å². The third kappa shape index (κ3) is 1.89. The van der Waals surface area contributed by atoms with Gasteiger partial charge in [-0.2, -0.15) is 5.10 Å². The second-order valence-corrected chi connectivity index (χ2v) is 3.35. The van der Waals surface area contributed by atoms with Crippen LogP contribution in [-0.2, 0) is 7.05 Å². The molecule has 5 nitrogen and oxygen atoms in total. The first-order chi connectivity index (χ1) is 8.15. The fourth-order valence-corrected chi connectivity index (χ4v) is 1.49. The number of aromatic nitrogens is 3. The summed E-state index contributed by atoms with van der Waals surface area (Å²) in [6.07, 6.45) is 2.76. The van der Waals surface area contributed by atoms with Crippen molar-refractivity contribution in [1.29, 1.82) is 0 Å². The molecule has 0 N–H and O–H groups in total. The predicted molar refractivity (Wildman–Crippen MR) is 57.4 cm³/mol. The van der Waals surface area contributed by atoms with Crippen LogP contribution in [0, 0.1) is 5.82 Å². The first-order valence-corrected chi connectivity index (χ1v) is 4.86. The first kappa shape index (κ1) is 11.3. The Bertz CT molecular complexity index is 566. The second kappa shape index (κ2) is 4.32. The lowest BCUT2D eigenvalue weighted by molar-refractivity contribution is 0.101. The van der Waals surface area contributed by atoms with Crippen LogP contribution < -0.4 is 4.74 Å². The smallest absolute Gasteiger partial charge is 0.236 e. The average molecular weight is 235 g/mol. The van der Waals surface area contributed by atoms with Crippen molar-refractivity contribution in [3.63, 3.8) is 0 Å². The topological polar surface area (TPSA) is 57.0 Å². The molecule has 0 atom stereocenters. The molecule has 0 spiro atoms. The van der Waals surface area contributed by atoms with Crippen LogP contribution in [0.1, 0.15) is 16.2 Å². The van der Waals surface area contributed by atoms with Gasteiger partial charge in [0.2, 0.25) is 5.78 Å². The summed E-state index contributed by atoms with van der Waals surface area (Å²) in [5.41, 5.74) is -0.0699. The first-order valence-electron chi connectivity index (χ1n) is 4.86. The van der Waals surface area contributed by atoms with Crippen LogP contribution >= 0.6 is 0 Å². The van der Waals surface area contributed by atoms with Gasteiger partial charge < -0.3 is 4.74 Å². The molecule has 0 bridgehead atoms. The monoisotopic (exact) mass is 235 g/mol. The Balaban J connectivity index is 2.51. The van der Waals surface area contributed by atoms with E-state index in [9.17, 15) is 9.18 Å². The van der Waals surface area contributed by atoms with Crippen molar-refractivity contribution in [1.82, 2.24) is 14.8 Å². The van der Waals surface area contributed by atoms with E-state index in [2.05, 4.69) is 10.1 Å². The maximum atomic E-state index is 13.4. The van der Waals surface area contributed by atoms with Crippen molar-refractivity contribution >= 4 is 5.78 Å². The highest BCUT2D eigenvalue weighted by molar-refractivity contribution is 6.08. The van der Waals surface area contributed by atoms with Crippen LogP contribution in [0.5, 0.6) is 5.75 Å². The molecule has 0 aliphatic heterocycles. The maximum absolute atomic E-state index is 13.4. The minimum absolute atomic E-state index is 0.171. The quantitative estimate of drug-likeness (QED) is 0.750. The highest BCUT2D eigenvalue weighted by Crippen LogP contribution is 2.20. The third-order valence-electron chi connectivity index (χ3n) is 2.31. The van der Waals surface area contributed by atoms with Crippen molar-refractivity contribution in [2.75, 3.05) is 7.11 Å². The van der Waals surface area contributed by atoms with Gasteiger partial charge in [0.25, 0.3) is 0 Å². The summed E-state index contributed by atoms with van der Waals surface area (Å²) in [7, 11) is 3.00. The zero-order valence-electron chi connectivity index (χ0n) is 9.35. The largest absolute Gasteiger partial charge is 0.493 e. The van der Waals surface area contributed by atoms with Gasteiger partial charge in [0.05, 0.1) is 13.3 Å². The van der Waals surface area contributed by atoms with E-state index in [0.717, 1.165) is 0 Å². The Kier molecular flexibility index (Phi) is 2.86. The highest BCUT2D eigenvalue weighted by Gasteiger charge is 2.22. The lowest BCUT2D eigenvalue weighted by Crippen LogP contribution is -2.12. The summed E-state index contributed by atoms with van der Waals surface area (Å²) in [4.78, 5) is 15.8. The molecule has 0 saturated heterocycles. The maximum Gasteiger partial charge on any atom is 0.236 e. The van der Waals surface area contributed by atoms with Crippen LogP contribution in [0.2, 0.25) is 0 Å². The van der Waals surface area contributed by atoms with Gasteiger partial charge in [-0.3, -0.25) is 9.48 Å². The number of carbonyl (C=O) groups excluding carboxylic acids is 1. The summed E-state index contributed by atoms with van der Waals surface area (Å²) in [6.45, 7) is 0. The molecule has 0 aliphatic rings. The summed E-state index contributed by atoms with van der Waals surface area (Å²) in [5.74, 6) is -0.928. The van der Waals surface area contributed by atoms with Crippen molar-refractivity contribution in [2.24, 2.45) is 7.05 Å². The third-order valence-corrected chi connectivity index (χ3v) is 2.31. The zero-order valence-corrected chi connectivity index (χ0v) is 9.35. The number of pyridine rings is 1. The summed E-state index contributed by atoms with van der Waals surface area (Å²) in [6, 6.07) is 2.61. The normalized spacial score (nSPS) is 10.3. The van der Waals surface area contributed by atoms with Crippen molar-refractivity contribution in [3.05, 3.63) is 41.7 Å². The number of aryl methyl sites for hydroxylation is 1. The van der Waals surface area contributed by atoms with Crippen molar-refractivity contribution in [3.8, 4) is 5.75 Å². The summed E-state index contributed by atoms with van der Waals surface area (Å²) < 4.78 is 19.8. The van der Waals surface area contributed by atoms with Crippen LogP contribution in [0.4, 0.5) is 4.39 Å². The number of carbonyl (C=O) groups is 1. The second-order valence-electron chi connectivity index (χ2n) is 3.35. The summed E-state index contributed by atoms with van der Waals surface area (Å²) in [5, 5.41) is 3.88. The molecule has 0 fully saturated rings. The molecule has 6 heteroatoms. The van der Waals surface area contributed by atoms with E-state index in [-0.39, 0.29) is 11.4 Å². The lowest BCUT2D eigenvalue weighted by Gasteiger charge is -2.04. The number of hydrogen-bond acceptors (Lipinski definition) is 4. The molecule has 2 heterocycles. The lowest BCUT2D eigenvalue weighted by atomic mass is 10.2. The molecule has 0 saturated carbocycles. The Hall–Kier alpha value is -2.24. The zero-order chi connectivity index (χ0) is 12.4. The van der Waals surface area contributed by atoms with E-state index in [1.165, 1.54) is 36.3 Å². The Morgan fingerprint density at radius 1 is 1.53 bits per heavy atom. The van der Waals surface area contributed by atoms with Crippen molar-refractivity contribution < 1.29 is 13.9 Å². The standard InChI is InChI=1S/C11H10FN3O2/c1-15-10(8(17-2)6-14-15)11(16)9-7(12)4-3-5-13-9/h3-6H,1-2H3. The number of ketones is 1. The molecule has 0 amide bonds. The van der Waals surface area contributed by atoms with Gasteiger partial charge in [0.1, 0.15) is 5.69 Å². The molecule has 0 aromatic carbocycles. The van der Waals surface area contributed by atoms with Gasteiger partial charge in [-0.15, -0.1) is 0 Å². The Morgan fingerprint density at radius 3 is 2.94 bits per heavy atom. The van der Waals surface area contributed by atoms with Gasteiger partial charge in [-0.1, -0.05) is 0 Å². The fourth-order valence-electron chi connectivity index (χ4n) is 1.49. The van der Waals surface area contributed by atoms with E-state index >= 15 is 0 Å². The minimum Gasteiger partial charge on any atom is -0.493 e. The van der Waals surface area contributed by atoms with E-state index in [1.807, 2.05) is 0 Å². The van der Waals surface area contributed by atoms with Crippen LogP contribution in [-0.4, -0.2) is 27.7 Å². The Labute approximate surface area is 96.9 Å². The SMILES string of the molecule is COc1cnn(C)c1C(=O)c1ncccc1F. The number of ether oxygens (including phenoxy) is 1.